The molecule has 0 radical (unpaired) electrons. The van der Waals surface area contributed by atoms with Gasteiger partial charge >= 0.3 is 0 Å². The van der Waals surface area contributed by atoms with Crippen LogP contribution in [0.25, 0.3) is 0 Å². The van der Waals surface area contributed by atoms with E-state index in [1.165, 1.54) is 17.1 Å². The number of Topliss-reactive ketones (excluding diaryl/α,β-unsaturated/α-hetero) is 1. The van der Waals surface area contributed by atoms with Gasteiger partial charge in [0.1, 0.15) is 4.88 Å². The van der Waals surface area contributed by atoms with Crippen LogP contribution in [0, 0.1) is 0 Å². The lowest BCUT2D eigenvalue weighted by Gasteiger charge is -2.15. The molecule has 0 aliphatic carbocycles. The van der Waals surface area contributed by atoms with Gasteiger partial charge in [0, 0.05) is 11.8 Å². The van der Waals surface area contributed by atoms with E-state index in [0.29, 0.717) is 11.3 Å². The maximum absolute atomic E-state index is 12.4. The molecule has 0 aliphatic rings. The minimum absolute atomic E-state index is 0.106. The fourth-order valence-corrected chi connectivity index (χ4v) is 2.83. The Bertz CT molecular complexity index is 594. The monoisotopic (exact) mass is 288 g/mol. The summed E-state index contributed by atoms with van der Waals surface area (Å²) in [5.74, 6) is 0.106. The van der Waals surface area contributed by atoms with Crippen LogP contribution in [-0.2, 0) is 18.3 Å². The Morgan fingerprint density at radius 3 is 2.30 bits per heavy atom. The number of hydrogen-bond donors (Lipinski definition) is 0. The predicted octanol–water partition coefficient (Wildman–Crippen LogP) is 3.82. The lowest BCUT2D eigenvalue weighted by molar-refractivity contribution is 0.0994. The van der Waals surface area contributed by atoms with Crippen molar-refractivity contribution < 1.29 is 4.79 Å². The van der Waals surface area contributed by atoms with Crippen LogP contribution in [0.4, 0.5) is 0 Å². The lowest BCUT2D eigenvalue weighted by Crippen LogP contribution is -2.17. The van der Waals surface area contributed by atoms with Crippen molar-refractivity contribution in [3.63, 3.8) is 0 Å². The van der Waals surface area contributed by atoms with Gasteiger partial charge in [0.15, 0.2) is 5.78 Å². The van der Waals surface area contributed by atoms with Crippen molar-refractivity contribution in [1.82, 2.24) is 9.59 Å². The molecule has 0 aliphatic heterocycles. The molecule has 0 bridgehead atoms. The Morgan fingerprint density at radius 1 is 1.15 bits per heavy atom. The average molecular weight is 288 g/mol. The minimum atomic E-state index is -0.149. The van der Waals surface area contributed by atoms with E-state index < -0.39 is 0 Å². The van der Waals surface area contributed by atoms with Gasteiger partial charge < -0.3 is 0 Å². The van der Waals surface area contributed by atoms with Crippen molar-refractivity contribution in [2.45, 2.75) is 46.0 Å². The van der Waals surface area contributed by atoms with E-state index >= 15 is 0 Å². The number of rotatable bonds is 4. The van der Waals surface area contributed by atoms with Crippen LogP contribution in [0.1, 0.15) is 54.2 Å². The molecule has 0 unspecified atom stereocenters. The van der Waals surface area contributed by atoms with Gasteiger partial charge in [0.2, 0.25) is 0 Å². The first kappa shape index (κ1) is 14.9. The Labute approximate surface area is 124 Å². The van der Waals surface area contributed by atoms with Crippen molar-refractivity contribution >= 4 is 17.3 Å². The molecule has 1 aromatic carbocycles. The molecule has 3 nitrogen and oxygen atoms in total. The summed E-state index contributed by atoms with van der Waals surface area (Å²) in [4.78, 5) is 13.1. The van der Waals surface area contributed by atoms with E-state index in [4.69, 9.17) is 0 Å². The third-order valence-corrected chi connectivity index (χ3v) is 4.01. The second-order valence-electron chi connectivity index (χ2n) is 5.97. The van der Waals surface area contributed by atoms with Crippen LogP contribution < -0.4 is 0 Å². The number of nitrogens with zero attached hydrogens (tertiary/aromatic N) is 2. The molecule has 2 rings (SSSR count). The van der Waals surface area contributed by atoms with Gasteiger partial charge in [-0.25, -0.2) is 0 Å². The molecule has 106 valence electrons. The zero-order valence-electron chi connectivity index (χ0n) is 12.4. The number of carbonyl (C=O) groups excluding carboxylic acids is 1. The number of hydrogen-bond acceptors (Lipinski definition) is 4. The highest BCUT2D eigenvalue weighted by Crippen LogP contribution is 2.26. The molecule has 2 aromatic rings. The van der Waals surface area contributed by atoms with Crippen molar-refractivity contribution in [2.24, 2.45) is 0 Å². The maximum atomic E-state index is 12.4. The van der Waals surface area contributed by atoms with Gasteiger partial charge in [0.25, 0.3) is 0 Å². The first-order valence-electron chi connectivity index (χ1n) is 6.85. The normalized spacial score (nSPS) is 11.6. The molecular weight excluding hydrogens is 268 g/mol. The van der Waals surface area contributed by atoms with E-state index in [-0.39, 0.29) is 11.2 Å². The lowest BCUT2D eigenvalue weighted by atomic mass is 9.90. The molecule has 0 N–H and O–H groups in total. The molecule has 20 heavy (non-hydrogen) atoms. The van der Waals surface area contributed by atoms with Gasteiger partial charge in [-0.3, -0.25) is 4.79 Å². The largest absolute Gasteiger partial charge is 0.293 e. The zero-order valence-corrected chi connectivity index (χ0v) is 13.3. The third-order valence-electron chi connectivity index (χ3n) is 3.25. The molecule has 4 heteroatoms. The summed E-state index contributed by atoms with van der Waals surface area (Å²) in [5.41, 5.74) is 2.98. The van der Waals surface area contributed by atoms with E-state index in [0.717, 1.165) is 17.7 Å². The van der Waals surface area contributed by atoms with Crippen molar-refractivity contribution in [2.75, 3.05) is 0 Å². The predicted molar refractivity (Wildman–Crippen MR) is 82.5 cm³/mol. The molecule has 0 fully saturated rings. The van der Waals surface area contributed by atoms with E-state index in [9.17, 15) is 4.79 Å². The second-order valence-corrected chi connectivity index (χ2v) is 6.72. The number of benzene rings is 1. The average Bonchev–Trinajstić information content (AvgIpc) is 2.89. The second kappa shape index (κ2) is 5.83. The topological polar surface area (TPSA) is 42.9 Å². The van der Waals surface area contributed by atoms with Crippen molar-refractivity contribution in [3.8, 4) is 0 Å². The van der Waals surface area contributed by atoms with Gasteiger partial charge in [-0.1, -0.05) is 56.4 Å². The number of carbonyl (C=O) groups is 1. The van der Waals surface area contributed by atoms with E-state index in [2.05, 4.69) is 49.4 Å². The van der Waals surface area contributed by atoms with Gasteiger partial charge in [0.05, 0.1) is 5.69 Å². The molecular formula is C16H20N2OS. The molecule has 0 saturated carbocycles. The minimum Gasteiger partial charge on any atom is -0.293 e. The highest BCUT2D eigenvalue weighted by Gasteiger charge is 2.26. The van der Waals surface area contributed by atoms with Gasteiger partial charge in [-0.15, -0.1) is 5.10 Å². The molecule has 0 spiro atoms. The number of aromatic nitrogens is 2. The number of ketones is 1. The molecule has 1 heterocycles. The van der Waals surface area contributed by atoms with Crippen LogP contribution in [0.5, 0.6) is 0 Å². The smallest absolute Gasteiger partial charge is 0.180 e. The summed E-state index contributed by atoms with van der Waals surface area (Å²) in [6.07, 6.45) is 1.43. The standard InChI is InChI=1S/C16H20N2OS/c1-5-11-6-8-12(9-7-11)10-13(19)14-15(16(2,3)4)17-18-20-14/h6-9H,5,10H2,1-4H3. The highest BCUT2D eigenvalue weighted by atomic mass is 32.1. The summed E-state index contributed by atoms with van der Waals surface area (Å²) in [6.45, 7) is 8.28. The van der Waals surface area contributed by atoms with Gasteiger partial charge in [-0.2, -0.15) is 0 Å². The van der Waals surface area contributed by atoms with Crippen molar-refractivity contribution in [3.05, 3.63) is 46.0 Å². The SMILES string of the molecule is CCc1ccc(CC(=O)c2snnc2C(C)(C)C)cc1. The fraction of sp³-hybridized carbons (Fsp3) is 0.438. The third kappa shape index (κ3) is 3.31. The first-order valence-corrected chi connectivity index (χ1v) is 7.63. The zero-order chi connectivity index (χ0) is 14.8. The summed E-state index contributed by atoms with van der Waals surface area (Å²) in [7, 11) is 0. The Morgan fingerprint density at radius 2 is 1.75 bits per heavy atom. The Kier molecular flexibility index (Phi) is 4.33. The van der Waals surface area contributed by atoms with Crippen LogP contribution in [0.3, 0.4) is 0 Å². The van der Waals surface area contributed by atoms with Crippen LogP contribution in [0.2, 0.25) is 0 Å². The summed E-state index contributed by atoms with van der Waals surface area (Å²) in [6, 6.07) is 8.22. The van der Waals surface area contributed by atoms with E-state index in [1.807, 2.05) is 12.1 Å². The van der Waals surface area contributed by atoms with Crippen LogP contribution in [0.15, 0.2) is 24.3 Å². The molecule has 0 amide bonds. The maximum Gasteiger partial charge on any atom is 0.180 e. The summed E-state index contributed by atoms with van der Waals surface area (Å²) < 4.78 is 3.95. The molecule has 0 atom stereocenters. The molecule has 0 saturated heterocycles. The highest BCUT2D eigenvalue weighted by molar-refractivity contribution is 7.08. The quantitative estimate of drug-likeness (QED) is 0.803. The first-order chi connectivity index (χ1) is 9.41. The van der Waals surface area contributed by atoms with Gasteiger partial charge in [-0.05, 0) is 29.1 Å². The summed E-state index contributed by atoms with van der Waals surface area (Å²) >= 11 is 1.20. The van der Waals surface area contributed by atoms with Crippen LogP contribution in [-0.4, -0.2) is 15.4 Å². The Balaban J connectivity index is 2.18. The summed E-state index contributed by atoms with van der Waals surface area (Å²) in [5, 5.41) is 4.13. The van der Waals surface area contributed by atoms with Crippen molar-refractivity contribution in [1.29, 1.82) is 0 Å². The van der Waals surface area contributed by atoms with E-state index in [1.54, 1.807) is 0 Å². The van der Waals surface area contributed by atoms with Crippen LogP contribution >= 0.6 is 11.5 Å². The molecule has 1 aromatic heterocycles. The number of aryl methyl sites for hydroxylation is 1. The Hall–Kier alpha value is -1.55. The fourth-order valence-electron chi connectivity index (χ4n) is 2.02.